The maximum absolute atomic E-state index is 11.7. The number of benzene rings is 2. The Morgan fingerprint density at radius 3 is 2.77 bits per heavy atom. The summed E-state index contributed by atoms with van der Waals surface area (Å²) in [6.07, 6.45) is 3.03. The highest BCUT2D eigenvalue weighted by Crippen LogP contribution is 2.43. The second kappa shape index (κ2) is 8.25. The Morgan fingerprint density at radius 1 is 1.19 bits per heavy atom. The molecule has 3 aromatic rings. The van der Waals surface area contributed by atoms with Crippen molar-refractivity contribution in [1.82, 2.24) is 9.88 Å². The zero-order valence-electron chi connectivity index (χ0n) is 18.7. The first-order valence-corrected chi connectivity index (χ1v) is 11.5. The van der Waals surface area contributed by atoms with Gasteiger partial charge in [0.1, 0.15) is 5.75 Å². The number of rotatable bonds is 5. The topological polar surface area (TPSA) is 45.6 Å². The standard InChI is InChI=1S/C27H32N2O2/c1-4-18-16-29-11-10-19(18)13-26(29)27(30)23-15-25(20-7-5-6-17(2)12-20)28-24-9-8-21(31-3)14-22(23)24/h5-9,12,14-15,18-19,26-27,30H,4,10-11,13,16H2,1-3H3/t18-,19-,26-,27+/m0/s1. The third-order valence-corrected chi connectivity index (χ3v) is 7.51. The second-order valence-corrected chi connectivity index (χ2v) is 9.31. The molecule has 162 valence electrons. The van der Waals surface area contributed by atoms with Crippen LogP contribution in [-0.4, -0.2) is 41.2 Å². The van der Waals surface area contributed by atoms with Crippen molar-refractivity contribution in [3.8, 4) is 17.0 Å². The van der Waals surface area contributed by atoms with Gasteiger partial charge in [-0.1, -0.05) is 37.1 Å². The zero-order chi connectivity index (χ0) is 21.5. The summed E-state index contributed by atoms with van der Waals surface area (Å²) < 4.78 is 5.49. The van der Waals surface area contributed by atoms with E-state index < -0.39 is 6.10 Å². The van der Waals surface area contributed by atoms with Gasteiger partial charge in [-0.2, -0.15) is 0 Å². The quantitative estimate of drug-likeness (QED) is 0.607. The number of fused-ring (bicyclic) bond motifs is 4. The van der Waals surface area contributed by atoms with Gasteiger partial charge >= 0.3 is 0 Å². The van der Waals surface area contributed by atoms with E-state index in [4.69, 9.17) is 9.72 Å². The van der Waals surface area contributed by atoms with Crippen molar-refractivity contribution in [1.29, 1.82) is 0 Å². The first kappa shape index (κ1) is 20.5. The van der Waals surface area contributed by atoms with Crippen molar-refractivity contribution in [3.05, 3.63) is 59.7 Å². The summed E-state index contributed by atoms with van der Waals surface area (Å²) in [6, 6.07) is 16.7. The molecule has 3 fully saturated rings. The minimum absolute atomic E-state index is 0.170. The molecular formula is C27H32N2O2. The lowest BCUT2D eigenvalue weighted by atomic mass is 9.72. The van der Waals surface area contributed by atoms with Gasteiger partial charge in [-0.3, -0.25) is 4.90 Å². The molecule has 3 aliphatic heterocycles. The molecular weight excluding hydrogens is 384 g/mol. The van der Waals surface area contributed by atoms with E-state index in [1.165, 1.54) is 18.4 Å². The van der Waals surface area contributed by atoms with Crippen LogP contribution in [0.1, 0.15) is 43.4 Å². The predicted octanol–water partition coefficient (Wildman–Crippen LogP) is 5.37. The second-order valence-electron chi connectivity index (χ2n) is 9.31. The molecule has 0 amide bonds. The van der Waals surface area contributed by atoms with Crippen LogP contribution in [0, 0.1) is 18.8 Å². The van der Waals surface area contributed by atoms with Gasteiger partial charge in [-0.25, -0.2) is 4.98 Å². The Balaban J connectivity index is 1.60. The summed E-state index contributed by atoms with van der Waals surface area (Å²) in [5.41, 5.74) is 5.07. The first-order chi connectivity index (χ1) is 15.1. The van der Waals surface area contributed by atoms with E-state index in [2.05, 4.69) is 49.1 Å². The largest absolute Gasteiger partial charge is 0.497 e. The van der Waals surface area contributed by atoms with Crippen LogP contribution in [0.15, 0.2) is 48.5 Å². The lowest BCUT2D eigenvalue weighted by molar-refractivity contribution is -0.0562. The number of aliphatic hydroxyl groups is 1. The number of pyridine rings is 1. The Labute approximate surface area is 184 Å². The Bertz CT molecular complexity index is 1100. The van der Waals surface area contributed by atoms with Crippen molar-refractivity contribution in [2.24, 2.45) is 11.8 Å². The number of nitrogens with zero attached hydrogens (tertiary/aromatic N) is 2. The first-order valence-electron chi connectivity index (χ1n) is 11.5. The van der Waals surface area contributed by atoms with Crippen LogP contribution in [0.5, 0.6) is 5.75 Å². The van der Waals surface area contributed by atoms with Crippen molar-refractivity contribution >= 4 is 10.9 Å². The Kier molecular flexibility index (Phi) is 5.45. The van der Waals surface area contributed by atoms with E-state index in [1.54, 1.807) is 7.11 Å². The fraction of sp³-hybridized carbons (Fsp3) is 0.444. The smallest absolute Gasteiger partial charge is 0.119 e. The van der Waals surface area contributed by atoms with Crippen LogP contribution in [0.2, 0.25) is 0 Å². The fourth-order valence-electron chi connectivity index (χ4n) is 5.73. The molecule has 4 nitrogen and oxygen atoms in total. The Hall–Kier alpha value is -2.43. The minimum Gasteiger partial charge on any atom is -0.497 e. The van der Waals surface area contributed by atoms with E-state index in [0.29, 0.717) is 0 Å². The number of ether oxygens (including phenoxy) is 1. The average Bonchev–Trinajstić information content (AvgIpc) is 2.82. The summed E-state index contributed by atoms with van der Waals surface area (Å²) in [7, 11) is 1.68. The molecule has 1 aromatic heterocycles. The molecule has 4 heterocycles. The molecule has 1 N–H and O–H groups in total. The third kappa shape index (κ3) is 3.72. The summed E-state index contributed by atoms with van der Waals surface area (Å²) in [4.78, 5) is 7.47. The van der Waals surface area contributed by atoms with Gasteiger partial charge in [0.15, 0.2) is 0 Å². The normalized spacial score (nSPS) is 26.2. The molecule has 0 aliphatic carbocycles. The molecule has 3 aliphatic rings. The minimum atomic E-state index is -0.540. The van der Waals surface area contributed by atoms with Gasteiger partial charge in [-0.05, 0) is 74.0 Å². The monoisotopic (exact) mass is 416 g/mol. The van der Waals surface area contributed by atoms with E-state index >= 15 is 0 Å². The fourth-order valence-corrected chi connectivity index (χ4v) is 5.73. The third-order valence-electron chi connectivity index (χ3n) is 7.51. The molecule has 31 heavy (non-hydrogen) atoms. The molecule has 1 unspecified atom stereocenters. The Morgan fingerprint density at radius 2 is 2.06 bits per heavy atom. The summed E-state index contributed by atoms with van der Waals surface area (Å²) in [5, 5.41) is 12.7. The highest BCUT2D eigenvalue weighted by atomic mass is 16.5. The number of aryl methyl sites for hydroxylation is 1. The van der Waals surface area contributed by atoms with Crippen LogP contribution in [0.25, 0.3) is 22.2 Å². The number of aliphatic hydroxyl groups excluding tert-OH is 1. The van der Waals surface area contributed by atoms with Crippen molar-refractivity contribution in [2.45, 2.75) is 45.3 Å². The van der Waals surface area contributed by atoms with Gasteiger partial charge in [0.05, 0.1) is 24.4 Å². The van der Waals surface area contributed by atoms with Gasteiger partial charge in [0, 0.05) is 23.5 Å². The van der Waals surface area contributed by atoms with Gasteiger partial charge in [0.2, 0.25) is 0 Å². The number of aromatic nitrogens is 1. The SMILES string of the molecule is CC[C@H]1CN2CC[C@H]1C[C@H]2[C@H](O)c1cc(-c2cccc(C)c2)nc2ccc(OC)cc12. The molecule has 3 saturated heterocycles. The molecule has 5 atom stereocenters. The highest BCUT2D eigenvalue weighted by Gasteiger charge is 2.42. The van der Waals surface area contributed by atoms with E-state index in [-0.39, 0.29) is 6.04 Å². The van der Waals surface area contributed by atoms with Crippen LogP contribution >= 0.6 is 0 Å². The van der Waals surface area contributed by atoms with Crippen molar-refractivity contribution in [3.63, 3.8) is 0 Å². The number of hydrogen-bond acceptors (Lipinski definition) is 4. The zero-order valence-corrected chi connectivity index (χ0v) is 18.7. The van der Waals surface area contributed by atoms with Gasteiger partial charge in [0.25, 0.3) is 0 Å². The predicted molar refractivity (Wildman–Crippen MR) is 125 cm³/mol. The van der Waals surface area contributed by atoms with Crippen LogP contribution in [0.4, 0.5) is 0 Å². The van der Waals surface area contributed by atoms with E-state index in [0.717, 1.165) is 64.8 Å². The van der Waals surface area contributed by atoms with E-state index in [9.17, 15) is 5.11 Å². The maximum Gasteiger partial charge on any atom is 0.119 e. The number of piperidine rings is 3. The molecule has 4 heteroatoms. The number of hydrogen-bond donors (Lipinski definition) is 1. The molecule has 2 aromatic carbocycles. The van der Waals surface area contributed by atoms with Crippen molar-refractivity contribution in [2.75, 3.05) is 20.2 Å². The summed E-state index contributed by atoms with van der Waals surface area (Å²) >= 11 is 0. The van der Waals surface area contributed by atoms with Crippen LogP contribution in [-0.2, 0) is 0 Å². The maximum atomic E-state index is 11.7. The number of methoxy groups -OCH3 is 1. The van der Waals surface area contributed by atoms with Gasteiger partial charge in [-0.15, -0.1) is 0 Å². The lowest BCUT2D eigenvalue weighted by Gasteiger charge is -2.51. The molecule has 6 rings (SSSR count). The molecule has 0 saturated carbocycles. The molecule has 0 spiro atoms. The highest BCUT2D eigenvalue weighted by molar-refractivity contribution is 5.87. The van der Waals surface area contributed by atoms with Gasteiger partial charge < -0.3 is 9.84 Å². The molecule has 2 bridgehead atoms. The molecule has 0 radical (unpaired) electrons. The van der Waals surface area contributed by atoms with Crippen LogP contribution < -0.4 is 4.74 Å². The lowest BCUT2D eigenvalue weighted by Crippen LogP contribution is -2.55. The summed E-state index contributed by atoms with van der Waals surface area (Å²) in [6.45, 7) is 6.61. The summed E-state index contributed by atoms with van der Waals surface area (Å²) in [5.74, 6) is 2.30. The van der Waals surface area contributed by atoms with Crippen molar-refractivity contribution < 1.29 is 9.84 Å². The van der Waals surface area contributed by atoms with Crippen LogP contribution in [0.3, 0.4) is 0 Å². The average molecular weight is 417 g/mol. The van der Waals surface area contributed by atoms with E-state index in [1.807, 2.05) is 18.2 Å².